The van der Waals surface area contributed by atoms with Crippen LogP contribution in [0.2, 0.25) is 0 Å². The average Bonchev–Trinajstić information content (AvgIpc) is 2.78. The first-order valence-corrected chi connectivity index (χ1v) is 6.10. The Morgan fingerprint density at radius 1 is 1.67 bits per heavy atom. The first kappa shape index (κ1) is 10.6. The number of rotatable bonds is 5. The molecule has 2 rings (SSSR count). The van der Waals surface area contributed by atoms with E-state index in [1.807, 2.05) is 24.8 Å². The van der Waals surface area contributed by atoms with Crippen LogP contribution in [0.5, 0.6) is 0 Å². The van der Waals surface area contributed by atoms with Crippen LogP contribution in [0.25, 0.3) is 0 Å². The number of nitrogens with two attached hydrogens (primary N) is 1. The maximum Gasteiger partial charge on any atom is 0.114 e. The van der Waals surface area contributed by atoms with E-state index in [2.05, 4.69) is 0 Å². The zero-order valence-corrected chi connectivity index (χ0v) is 9.69. The predicted octanol–water partition coefficient (Wildman–Crippen LogP) is 2.79. The Hall–Kier alpha value is -0.900. The van der Waals surface area contributed by atoms with Gasteiger partial charge in [-0.3, -0.25) is 5.41 Å². The van der Waals surface area contributed by atoms with Crippen molar-refractivity contribution >= 4 is 17.6 Å². The fourth-order valence-corrected chi connectivity index (χ4v) is 2.96. The van der Waals surface area contributed by atoms with Crippen molar-refractivity contribution in [3.63, 3.8) is 0 Å². The minimum absolute atomic E-state index is 0.306. The SMILES string of the molecule is Cc1occc1SCC1(CC(=N)N)CC1. The minimum Gasteiger partial charge on any atom is -0.468 e. The Balaban J connectivity index is 1.88. The number of furan rings is 1. The Bertz CT molecular complexity index is 368. The third-order valence-electron chi connectivity index (χ3n) is 2.87. The van der Waals surface area contributed by atoms with Gasteiger partial charge in [0.1, 0.15) is 5.76 Å². The molecule has 0 aromatic carbocycles. The molecule has 0 saturated heterocycles. The van der Waals surface area contributed by atoms with Crippen LogP contribution in [0.3, 0.4) is 0 Å². The summed E-state index contributed by atoms with van der Waals surface area (Å²) < 4.78 is 5.24. The van der Waals surface area contributed by atoms with Gasteiger partial charge in [0, 0.05) is 17.1 Å². The molecule has 0 radical (unpaired) electrons. The summed E-state index contributed by atoms with van der Waals surface area (Å²) in [6.45, 7) is 1.98. The van der Waals surface area contributed by atoms with E-state index in [1.54, 1.807) is 6.26 Å². The maximum absolute atomic E-state index is 7.34. The molecular formula is C11H16N2OS. The van der Waals surface area contributed by atoms with Gasteiger partial charge in [0.2, 0.25) is 0 Å². The van der Waals surface area contributed by atoms with Crippen molar-refractivity contribution < 1.29 is 4.42 Å². The molecule has 0 spiro atoms. The van der Waals surface area contributed by atoms with Crippen molar-refractivity contribution in [2.45, 2.75) is 31.1 Å². The zero-order chi connectivity index (χ0) is 10.9. The van der Waals surface area contributed by atoms with E-state index in [1.165, 1.54) is 17.7 Å². The van der Waals surface area contributed by atoms with Crippen LogP contribution in [0.15, 0.2) is 21.6 Å². The predicted molar refractivity (Wildman–Crippen MR) is 62.4 cm³/mol. The van der Waals surface area contributed by atoms with Gasteiger partial charge in [-0.25, -0.2) is 0 Å². The van der Waals surface area contributed by atoms with Crippen LogP contribution >= 0.6 is 11.8 Å². The molecule has 0 bridgehead atoms. The number of aryl methyl sites for hydroxylation is 1. The first-order valence-electron chi connectivity index (χ1n) is 5.11. The number of amidine groups is 1. The third kappa shape index (κ3) is 2.56. The number of nitrogens with one attached hydrogen (secondary N) is 1. The van der Waals surface area contributed by atoms with Gasteiger partial charge in [-0.2, -0.15) is 0 Å². The number of hydrogen-bond acceptors (Lipinski definition) is 3. The molecule has 1 saturated carbocycles. The normalized spacial score (nSPS) is 17.7. The third-order valence-corrected chi connectivity index (χ3v) is 4.36. The second kappa shape index (κ2) is 3.93. The average molecular weight is 224 g/mol. The van der Waals surface area contributed by atoms with E-state index >= 15 is 0 Å². The topological polar surface area (TPSA) is 63.0 Å². The molecule has 1 fully saturated rings. The molecule has 1 aromatic heterocycles. The molecule has 3 nitrogen and oxygen atoms in total. The van der Waals surface area contributed by atoms with Crippen LogP contribution in [-0.2, 0) is 0 Å². The van der Waals surface area contributed by atoms with Gasteiger partial charge in [0.05, 0.1) is 12.1 Å². The summed E-state index contributed by atoms with van der Waals surface area (Å²) in [6.07, 6.45) is 4.88. The highest BCUT2D eigenvalue weighted by atomic mass is 32.2. The second-order valence-electron chi connectivity index (χ2n) is 4.33. The summed E-state index contributed by atoms with van der Waals surface area (Å²) in [5.41, 5.74) is 5.76. The van der Waals surface area contributed by atoms with Crippen molar-refractivity contribution in [1.29, 1.82) is 5.41 Å². The quantitative estimate of drug-likeness (QED) is 0.459. The molecule has 0 aliphatic heterocycles. The van der Waals surface area contributed by atoms with Crippen molar-refractivity contribution in [1.82, 2.24) is 0 Å². The highest BCUT2D eigenvalue weighted by Gasteiger charge is 2.42. The monoisotopic (exact) mass is 224 g/mol. The lowest BCUT2D eigenvalue weighted by atomic mass is 10.1. The first-order chi connectivity index (χ1) is 7.11. The molecule has 1 aliphatic rings. The fourth-order valence-electron chi connectivity index (χ4n) is 1.71. The van der Waals surface area contributed by atoms with E-state index in [4.69, 9.17) is 15.6 Å². The van der Waals surface area contributed by atoms with E-state index in [9.17, 15) is 0 Å². The van der Waals surface area contributed by atoms with Gasteiger partial charge in [0.25, 0.3) is 0 Å². The molecule has 0 unspecified atom stereocenters. The van der Waals surface area contributed by atoms with Crippen molar-refractivity contribution in [3.05, 3.63) is 18.1 Å². The summed E-state index contributed by atoms with van der Waals surface area (Å²) >= 11 is 1.82. The second-order valence-corrected chi connectivity index (χ2v) is 5.35. The molecule has 0 atom stereocenters. The van der Waals surface area contributed by atoms with Gasteiger partial charge in [-0.15, -0.1) is 11.8 Å². The fraction of sp³-hybridized carbons (Fsp3) is 0.545. The van der Waals surface area contributed by atoms with E-state index in [0.29, 0.717) is 11.3 Å². The molecule has 3 N–H and O–H groups in total. The van der Waals surface area contributed by atoms with Gasteiger partial charge in [-0.1, -0.05) is 0 Å². The Morgan fingerprint density at radius 3 is 2.87 bits per heavy atom. The smallest absolute Gasteiger partial charge is 0.114 e. The van der Waals surface area contributed by atoms with E-state index in [-0.39, 0.29) is 0 Å². The highest BCUT2D eigenvalue weighted by molar-refractivity contribution is 7.99. The lowest BCUT2D eigenvalue weighted by Crippen LogP contribution is -2.18. The minimum atomic E-state index is 0.306. The zero-order valence-electron chi connectivity index (χ0n) is 8.88. The summed E-state index contributed by atoms with van der Waals surface area (Å²) in [7, 11) is 0. The molecule has 4 heteroatoms. The van der Waals surface area contributed by atoms with E-state index in [0.717, 1.165) is 17.9 Å². The number of thioether (sulfide) groups is 1. The van der Waals surface area contributed by atoms with Crippen molar-refractivity contribution in [3.8, 4) is 0 Å². The van der Waals surface area contributed by atoms with Crippen LogP contribution in [0.1, 0.15) is 25.0 Å². The summed E-state index contributed by atoms with van der Waals surface area (Å²) in [5, 5.41) is 7.34. The summed E-state index contributed by atoms with van der Waals surface area (Å²) in [5.74, 6) is 2.35. The van der Waals surface area contributed by atoms with Crippen molar-refractivity contribution in [2.24, 2.45) is 11.1 Å². The van der Waals surface area contributed by atoms with E-state index < -0.39 is 0 Å². The molecule has 15 heavy (non-hydrogen) atoms. The van der Waals surface area contributed by atoms with Gasteiger partial charge in [-0.05, 0) is 31.2 Å². The van der Waals surface area contributed by atoms with Crippen LogP contribution in [0.4, 0.5) is 0 Å². The summed E-state index contributed by atoms with van der Waals surface area (Å²) in [6, 6.07) is 2.00. The lowest BCUT2D eigenvalue weighted by molar-refractivity contribution is 0.526. The number of hydrogen-bond donors (Lipinski definition) is 2. The lowest BCUT2D eigenvalue weighted by Gasteiger charge is -2.12. The Labute approximate surface area is 93.9 Å². The molecule has 1 aromatic rings. The van der Waals surface area contributed by atoms with Gasteiger partial charge < -0.3 is 10.2 Å². The Kier molecular flexibility index (Phi) is 2.78. The molecule has 0 amide bonds. The van der Waals surface area contributed by atoms with Crippen LogP contribution in [0, 0.1) is 17.7 Å². The largest absolute Gasteiger partial charge is 0.468 e. The van der Waals surface area contributed by atoms with Crippen molar-refractivity contribution in [2.75, 3.05) is 5.75 Å². The van der Waals surface area contributed by atoms with Crippen LogP contribution in [-0.4, -0.2) is 11.6 Å². The van der Waals surface area contributed by atoms with Gasteiger partial charge in [0.15, 0.2) is 0 Å². The molecule has 1 heterocycles. The van der Waals surface area contributed by atoms with Crippen LogP contribution < -0.4 is 5.73 Å². The standard InChI is InChI=1S/C11H16N2OS/c1-8-9(2-5-14-8)15-7-11(3-4-11)6-10(12)13/h2,5H,3-4,6-7H2,1H3,(H3,12,13). The molecule has 82 valence electrons. The Morgan fingerprint density at radius 2 is 2.40 bits per heavy atom. The highest BCUT2D eigenvalue weighted by Crippen LogP contribution is 2.52. The van der Waals surface area contributed by atoms with Gasteiger partial charge >= 0.3 is 0 Å². The summed E-state index contributed by atoms with van der Waals surface area (Å²) in [4.78, 5) is 1.21. The molecule has 1 aliphatic carbocycles. The maximum atomic E-state index is 7.34. The molecular weight excluding hydrogens is 208 g/mol.